The van der Waals surface area contributed by atoms with Crippen molar-refractivity contribution in [2.45, 2.75) is 12.5 Å². The molecule has 1 aromatic carbocycles. The van der Waals surface area contributed by atoms with Crippen LogP contribution in [-0.4, -0.2) is 24.7 Å². The third-order valence-corrected chi connectivity index (χ3v) is 3.75. The van der Waals surface area contributed by atoms with E-state index in [0.717, 1.165) is 31.9 Å². The van der Waals surface area contributed by atoms with Crippen LogP contribution in [0.5, 0.6) is 0 Å². The molecule has 0 spiro atoms. The number of rotatable bonds is 5. The molecule has 20 heavy (non-hydrogen) atoms. The summed E-state index contributed by atoms with van der Waals surface area (Å²) in [7, 11) is 0. The first-order valence-corrected chi connectivity index (χ1v) is 7.20. The lowest BCUT2D eigenvalue weighted by Crippen LogP contribution is -2.29. The zero-order valence-electron chi connectivity index (χ0n) is 11.5. The zero-order chi connectivity index (χ0) is 13.6. The van der Waals surface area contributed by atoms with Gasteiger partial charge in [0, 0.05) is 19.3 Å². The van der Waals surface area contributed by atoms with Crippen molar-refractivity contribution in [1.29, 1.82) is 0 Å². The molecule has 0 amide bonds. The summed E-state index contributed by atoms with van der Waals surface area (Å²) < 4.78 is 5.45. The molecular formula is C17H20N2O. The van der Waals surface area contributed by atoms with Gasteiger partial charge in [-0.2, -0.15) is 0 Å². The van der Waals surface area contributed by atoms with Crippen LogP contribution in [0.1, 0.15) is 23.7 Å². The zero-order valence-corrected chi connectivity index (χ0v) is 11.5. The van der Waals surface area contributed by atoms with E-state index in [-0.39, 0.29) is 6.04 Å². The van der Waals surface area contributed by atoms with E-state index in [1.165, 1.54) is 5.56 Å². The number of hydrogen-bond acceptors (Lipinski definition) is 3. The molecule has 1 aliphatic rings. The molecule has 1 saturated heterocycles. The minimum atomic E-state index is 0.151. The number of aromatic nitrogens is 1. The van der Waals surface area contributed by atoms with Gasteiger partial charge in [-0.3, -0.25) is 4.98 Å². The Morgan fingerprint density at radius 2 is 2.00 bits per heavy atom. The number of pyridine rings is 1. The van der Waals surface area contributed by atoms with Crippen molar-refractivity contribution < 1.29 is 4.74 Å². The van der Waals surface area contributed by atoms with Gasteiger partial charge in [0.05, 0.1) is 18.3 Å². The Morgan fingerprint density at radius 3 is 2.70 bits per heavy atom. The van der Waals surface area contributed by atoms with Crippen LogP contribution in [0.25, 0.3) is 0 Å². The fraction of sp³-hybridized carbons (Fsp3) is 0.353. The third kappa shape index (κ3) is 3.24. The molecule has 2 heterocycles. The van der Waals surface area contributed by atoms with E-state index in [2.05, 4.69) is 40.6 Å². The Kier molecular flexibility index (Phi) is 4.41. The third-order valence-electron chi connectivity index (χ3n) is 3.75. The fourth-order valence-corrected chi connectivity index (χ4v) is 2.61. The normalized spacial score (nSPS) is 19.9. The largest absolute Gasteiger partial charge is 0.381 e. The van der Waals surface area contributed by atoms with Crippen LogP contribution in [0.15, 0.2) is 54.7 Å². The smallest absolute Gasteiger partial charge is 0.0751 e. The second-order valence-corrected chi connectivity index (χ2v) is 5.24. The van der Waals surface area contributed by atoms with Crippen LogP contribution in [-0.2, 0) is 4.74 Å². The molecule has 1 fully saturated rings. The molecule has 1 N–H and O–H groups in total. The van der Waals surface area contributed by atoms with Gasteiger partial charge >= 0.3 is 0 Å². The number of nitrogens with zero attached hydrogens (tertiary/aromatic N) is 1. The van der Waals surface area contributed by atoms with Gasteiger partial charge in [-0.1, -0.05) is 36.4 Å². The predicted molar refractivity (Wildman–Crippen MR) is 79.5 cm³/mol. The molecule has 0 radical (unpaired) electrons. The maximum absolute atomic E-state index is 5.45. The number of hydrogen-bond donors (Lipinski definition) is 1. The molecule has 2 atom stereocenters. The van der Waals surface area contributed by atoms with E-state index in [1.54, 1.807) is 0 Å². The lowest BCUT2D eigenvalue weighted by molar-refractivity contribution is 0.185. The van der Waals surface area contributed by atoms with Crippen LogP contribution in [0.2, 0.25) is 0 Å². The fourth-order valence-electron chi connectivity index (χ4n) is 2.61. The van der Waals surface area contributed by atoms with Gasteiger partial charge in [-0.15, -0.1) is 0 Å². The lowest BCUT2D eigenvalue weighted by atomic mass is 10.0. The van der Waals surface area contributed by atoms with Crippen molar-refractivity contribution >= 4 is 0 Å². The van der Waals surface area contributed by atoms with Crippen LogP contribution < -0.4 is 5.32 Å². The first-order chi connectivity index (χ1) is 9.93. The Balaban J connectivity index is 1.76. The van der Waals surface area contributed by atoms with Gasteiger partial charge in [-0.25, -0.2) is 0 Å². The Hall–Kier alpha value is -1.71. The number of benzene rings is 1. The highest BCUT2D eigenvalue weighted by Gasteiger charge is 2.19. The topological polar surface area (TPSA) is 34.1 Å². The predicted octanol–water partition coefficient (Wildman–Crippen LogP) is 2.80. The molecule has 1 aliphatic heterocycles. The Morgan fingerprint density at radius 1 is 1.15 bits per heavy atom. The summed E-state index contributed by atoms with van der Waals surface area (Å²) in [5, 5.41) is 3.65. The molecule has 3 nitrogen and oxygen atoms in total. The molecule has 2 unspecified atom stereocenters. The van der Waals surface area contributed by atoms with Crippen LogP contribution in [0.3, 0.4) is 0 Å². The molecule has 0 bridgehead atoms. The monoisotopic (exact) mass is 268 g/mol. The van der Waals surface area contributed by atoms with E-state index in [0.29, 0.717) is 5.92 Å². The van der Waals surface area contributed by atoms with Crippen molar-refractivity contribution in [2.24, 2.45) is 5.92 Å². The summed E-state index contributed by atoms with van der Waals surface area (Å²) in [6, 6.07) is 16.7. The standard InChI is InChI=1S/C17H20N2O/c1-2-6-15(7-3-1)17(16-8-4-5-10-18-16)19-12-14-9-11-20-13-14/h1-8,10,14,17,19H,9,11-13H2. The second kappa shape index (κ2) is 6.64. The molecule has 3 heteroatoms. The lowest BCUT2D eigenvalue weighted by Gasteiger charge is -2.20. The van der Waals surface area contributed by atoms with Crippen molar-refractivity contribution in [1.82, 2.24) is 10.3 Å². The van der Waals surface area contributed by atoms with E-state index in [9.17, 15) is 0 Å². The summed E-state index contributed by atoms with van der Waals surface area (Å²) in [6.45, 7) is 2.73. The van der Waals surface area contributed by atoms with Crippen molar-refractivity contribution in [3.8, 4) is 0 Å². The molecule has 104 valence electrons. The highest BCUT2D eigenvalue weighted by Crippen LogP contribution is 2.21. The summed E-state index contributed by atoms with van der Waals surface area (Å²) in [6.07, 6.45) is 3.00. The van der Waals surface area contributed by atoms with Gasteiger partial charge in [0.15, 0.2) is 0 Å². The van der Waals surface area contributed by atoms with E-state index in [1.807, 2.05) is 24.4 Å². The van der Waals surface area contributed by atoms with Gasteiger partial charge in [0.25, 0.3) is 0 Å². The summed E-state index contributed by atoms with van der Waals surface area (Å²) in [5.74, 6) is 0.616. The van der Waals surface area contributed by atoms with Crippen LogP contribution in [0.4, 0.5) is 0 Å². The summed E-state index contributed by atoms with van der Waals surface area (Å²) >= 11 is 0. The maximum Gasteiger partial charge on any atom is 0.0751 e. The van der Waals surface area contributed by atoms with E-state index in [4.69, 9.17) is 4.74 Å². The summed E-state index contributed by atoms with van der Waals surface area (Å²) in [4.78, 5) is 4.51. The molecule has 0 saturated carbocycles. The highest BCUT2D eigenvalue weighted by atomic mass is 16.5. The van der Waals surface area contributed by atoms with Crippen molar-refractivity contribution in [2.75, 3.05) is 19.8 Å². The maximum atomic E-state index is 5.45. The average Bonchev–Trinajstić information content (AvgIpc) is 3.03. The quantitative estimate of drug-likeness (QED) is 0.905. The summed E-state index contributed by atoms with van der Waals surface area (Å²) in [5.41, 5.74) is 2.32. The molecule has 3 rings (SSSR count). The van der Waals surface area contributed by atoms with Gasteiger partial charge < -0.3 is 10.1 Å². The first-order valence-electron chi connectivity index (χ1n) is 7.20. The van der Waals surface area contributed by atoms with Gasteiger partial charge in [-0.05, 0) is 30.0 Å². The molecular weight excluding hydrogens is 248 g/mol. The van der Waals surface area contributed by atoms with Crippen LogP contribution >= 0.6 is 0 Å². The highest BCUT2D eigenvalue weighted by molar-refractivity contribution is 5.27. The SMILES string of the molecule is c1ccc(C(NCC2CCOC2)c2ccccn2)cc1. The first kappa shape index (κ1) is 13.3. The second-order valence-electron chi connectivity index (χ2n) is 5.24. The molecule has 2 aromatic rings. The van der Waals surface area contributed by atoms with Crippen LogP contribution in [0, 0.1) is 5.92 Å². The van der Waals surface area contributed by atoms with Crippen molar-refractivity contribution in [3.05, 3.63) is 66.0 Å². The van der Waals surface area contributed by atoms with E-state index < -0.39 is 0 Å². The van der Waals surface area contributed by atoms with Gasteiger partial charge in [0.1, 0.15) is 0 Å². The Bertz CT molecular complexity index is 470. The van der Waals surface area contributed by atoms with Crippen molar-refractivity contribution in [3.63, 3.8) is 0 Å². The average molecular weight is 268 g/mol. The molecule has 1 aromatic heterocycles. The Labute approximate surface area is 120 Å². The van der Waals surface area contributed by atoms with Gasteiger partial charge in [0.2, 0.25) is 0 Å². The minimum Gasteiger partial charge on any atom is -0.381 e. The van der Waals surface area contributed by atoms with E-state index >= 15 is 0 Å². The number of ether oxygens (including phenoxy) is 1. The minimum absolute atomic E-state index is 0.151. The molecule has 0 aliphatic carbocycles. The number of nitrogens with one attached hydrogen (secondary N) is 1.